The molecule has 0 fully saturated rings. The van der Waals surface area contributed by atoms with Gasteiger partial charge in [0.2, 0.25) is 0 Å². The Morgan fingerprint density at radius 1 is 0.684 bits per heavy atom. The predicted molar refractivity (Wildman–Crippen MR) is 35.0 cm³/mol. The second kappa shape index (κ2) is 5.66. The van der Waals surface area contributed by atoms with Crippen molar-refractivity contribution in [1.82, 2.24) is 0 Å². The molecule has 0 heterocycles. The van der Waals surface area contributed by atoms with Gasteiger partial charge < -0.3 is 5.11 Å². The molecule has 1 N–H and O–H groups in total. The smallest absolute Gasteiger partial charge is 0.339 e. The van der Waals surface area contributed by atoms with E-state index in [1.54, 1.807) is 0 Å². The summed E-state index contributed by atoms with van der Waals surface area (Å²) in [5, 5.41) is 8.48. The van der Waals surface area contributed by atoms with E-state index in [4.69, 9.17) is 5.11 Å². The molecular formula is C6H4F10O3. The normalized spacial score (nSPS) is 20.2. The molecular weight excluding hydrogens is 310 g/mol. The van der Waals surface area contributed by atoms with Gasteiger partial charge in [0, 0.05) is 0 Å². The quantitative estimate of drug-likeness (QED) is 0.626. The fraction of sp³-hybridized carbons (Fsp3) is 1.00. The third-order valence-corrected chi connectivity index (χ3v) is 1.34. The molecule has 0 aliphatic heterocycles. The third kappa shape index (κ3) is 5.36. The fourth-order valence-electron chi connectivity index (χ4n) is 0.561. The van der Waals surface area contributed by atoms with Gasteiger partial charge in [-0.05, 0) is 0 Å². The van der Waals surface area contributed by atoms with Crippen LogP contribution >= 0.6 is 0 Å². The van der Waals surface area contributed by atoms with E-state index in [1.165, 1.54) is 0 Å². The van der Waals surface area contributed by atoms with Gasteiger partial charge in [0.05, 0.1) is 0 Å². The van der Waals surface area contributed by atoms with Gasteiger partial charge in [-0.2, -0.15) is 26.3 Å². The lowest BCUT2D eigenvalue weighted by Crippen LogP contribution is -2.51. The molecule has 0 aromatic carbocycles. The Bertz CT molecular complexity index is 264. The molecule has 19 heavy (non-hydrogen) atoms. The highest BCUT2D eigenvalue weighted by Crippen LogP contribution is 2.34. The molecule has 0 spiro atoms. The van der Waals surface area contributed by atoms with Crippen molar-refractivity contribution >= 4 is 0 Å². The summed E-state index contributed by atoms with van der Waals surface area (Å²) in [5.74, 6) is -5.07. The molecule has 0 amide bonds. The maximum atomic E-state index is 12.2. The van der Waals surface area contributed by atoms with Crippen LogP contribution in [0.1, 0.15) is 0 Å². The second-order valence-electron chi connectivity index (χ2n) is 2.88. The van der Waals surface area contributed by atoms with Gasteiger partial charge in [-0.25, -0.2) is 17.6 Å². The highest BCUT2D eigenvalue weighted by molar-refractivity contribution is 4.66. The zero-order valence-electron chi connectivity index (χ0n) is 8.28. The molecule has 3 nitrogen and oxygen atoms in total. The van der Waals surface area contributed by atoms with Crippen LogP contribution < -0.4 is 0 Å². The summed E-state index contributed by atoms with van der Waals surface area (Å²) < 4.78 is 123. The zero-order chi connectivity index (χ0) is 15.6. The fourth-order valence-corrected chi connectivity index (χ4v) is 0.561. The van der Waals surface area contributed by atoms with E-state index in [1.807, 2.05) is 0 Å². The molecule has 0 aromatic rings. The summed E-state index contributed by atoms with van der Waals surface area (Å²) in [6, 6.07) is 0. The number of alkyl halides is 10. The van der Waals surface area contributed by atoms with Gasteiger partial charge in [-0.3, -0.25) is 9.47 Å². The summed E-state index contributed by atoms with van der Waals surface area (Å²) in [4.78, 5) is 0. The largest absolute Gasteiger partial charge is 0.445 e. The Hall–Kier alpha value is -0.820. The van der Waals surface area contributed by atoms with E-state index in [-0.39, 0.29) is 0 Å². The number of rotatable bonds is 5. The predicted octanol–water partition coefficient (Wildman–Crippen LogP) is 2.65. The van der Waals surface area contributed by atoms with Gasteiger partial charge in [0.25, 0.3) is 12.7 Å². The van der Waals surface area contributed by atoms with E-state index in [0.717, 1.165) is 0 Å². The van der Waals surface area contributed by atoms with E-state index < -0.39 is 37.5 Å². The van der Waals surface area contributed by atoms with E-state index in [0.29, 0.717) is 0 Å². The molecule has 2 atom stereocenters. The minimum Gasteiger partial charge on any atom is -0.339 e. The first-order valence-corrected chi connectivity index (χ1v) is 3.98. The van der Waals surface area contributed by atoms with Crippen LogP contribution in [0.5, 0.6) is 0 Å². The number of aliphatic hydroxyl groups is 1. The van der Waals surface area contributed by atoms with Gasteiger partial charge in [0.15, 0.2) is 0 Å². The average Bonchev–Trinajstić information content (AvgIpc) is 2.13. The molecule has 13 heteroatoms. The lowest BCUT2D eigenvalue weighted by Gasteiger charge is -2.30. The van der Waals surface area contributed by atoms with Crippen molar-refractivity contribution in [2.45, 2.75) is 37.5 Å². The van der Waals surface area contributed by atoms with Crippen LogP contribution in [0, 0.1) is 0 Å². The second-order valence-corrected chi connectivity index (χ2v) is 2.88. The van der Waals surface area contributed by atoms with Crippen LogP contribution in [0.3, 0.4) is 0 Å². The molecule has 0 saturated heterocycles. The summed E-state index contributed by atoms with van der Waals surface area (Å²) in [6.07, 6.45) is -25.8. The van der Waals surface area contributed by atoms with E-state index in [2.05, 4.69) is 9.47 Å². The highest BCUT2D eigenvalue weighted by atomic mass is 19.4. The Labute approximate surface area is 97.2 Å². The number of ether oxygens (including phenoxy) is 2. The first-order valence-electron chi connectivity index (χ1n) is 3.98. The lowest BCUT2D eigenvalue weighted by atomic mass is 10.5. The first-order chi connectivity index (χ1) is 8.20. The van der Waals surface area contributed by atoms with Crippen molar-refractivity contribution in [2.75, 3.05) is 0 Å². The Morgan fingerprint density at radius 3 is 1.11 bits per heavy atom. The van der Waals surface area contributed by atoms with Gasteiger partial charge in [0.1, 0.15) is 0 Å². The summed E-state index contributed by atoms with van der Waals surface area (Å²) in [6.45, 7) is 0. The van der Waals surface area contributed by atoms with Crippen molar-refractivity contribution < 1.29 is 58.5 Å². The molecule has 0 saturated carbocycles. The number of hydrogen-bond donors (Lipinski definition) is 1. The van der Waals surface area contributed by atoms with Gasteiger partial charge in [-0.15, -0.1) is 0 Å². The highest BCUT2D eigenvalue weighted by Gasteiger charge is 2.56. The van der Waals surface area contributed by atoms with Gasteiger partial charge in [-0.1, -0.05) is 0 Å². The third-order valence-electron chi connectivity index (χ3n) is 1.34. The van der Waals surface area contributed by atoms with Crippen LogP contribution in [0.15, 0.2) is 0 Å². The van der Waals surface area contributed by atoms with Crippen LogP contribution in [0.2, 0.25) is 0 Å². The van der Waals surface area contributed by atoms with Crippen molar-refractivity contribution in [2.24, 2.45) is 0 Å². The molecule has 0 aliphatic carbocycles. The lowest BCUT2D eigenvalue weighted by molar-refractivity contribution is -0.485. The number of hydrogen-bond acceptors (Lipinski definition) is 3. The molecule has 116 valence electrons. The van der Waals surface area contributed by atoms with Crippen LogP contribution in [-0.4, -0.2) is 42.6 Å². The average molecular weight is 314 g/mol. The van der Waals surface area contributed by atoms with Crippen LogP contribution in [0.4, 0.5) is 43.9 Å². The van der Waals surface area contributed by atoms with Crippen molar-refractivity contribution in [3.05, 3.63) is 0 Å². The zero-order valence-corrected chi connectivity index (χ0v) is 8.28. The van der Waals surface area contributed by atoms with Crippen LogP contribution in [0.25, 0.3) is 0 Å². The summed E-state index contributed by atoms with van der Waals surface area (Å²) in [7, 11) is 0. The standard InChI is InChI=1S/C6H4F10O3/c7-1(8)6(17,18-2(9)4(11,12)13)19-3(10)5(14,15)16/h1-3,17H. The maximum absolute atomic E-state index is 12.2. The summed E-state index contributed by atoms with van der Waals surface area (Å²) >= 11 is 0. The molecule has 0 radical (unpaired) electrons. The topological polar surface area (TPSA) is 38.7 Å². The monoisotopic (exact) mass is 314 g/mol. The Balaban J connectivity index is 4.98. The van der Waals surface area contributed by atoms with Crippen molar-refractivity contribution in [3.63, 3.8) is 0 Å². The molecule has 0 aromatic heterocycles. The van der Waals surface area contributed by atoms with Gasteiger partial charge >= 0.3 is 24.8 Å². The Morgan fingerprint density at radius 2 is 0.947 bits per heavy atom. The van der Waals surface area contributed by atoms with E-state index >= 15 is 0 Å². The molecule has 0 aliphatic rings. The minimum atomic E-state index is -5.95. The molecule has 2 unspecified atom stereocenters. The van der Waals surface area contributed by atoms with Crippen molar-refractivity contribution in [1.29, 1.82) is 0 Å². The Kier molecular flexibility index (Phi) is 5.42. The molecule has 0 bridgehead atoms. The van der Waals surface area contributed by atoms with Crippen LogP contribution in [-0.2, 0) is 9.47 Å². The van der Waals surface area contributed by atoms with E-state index in [9.17, 15) is 43.9 Å². The number of halogens is 10. The minimum absolute atomic E-state index is 2.58. The summed E-state index contributed by atoms with van der Waals surface area (Å²) in [5.41, 5.74) is 0. The molecule has 0 rings (SSSR count). The maximum Gasteiger partial charge on any atom is 0.445 e. The van der Waals surface area contributed by atoms with Crippen molar-refractivity contribution in [3.8, 4) is 0 Å². The first kappa shape index (κ1) is 18.2. The SMILES string of the molecule is OC(OC(F)C(F)(F)F)(OC(F)C(F)(F)F)C(F)F.